The van der Waals surface area contributed by atoms with Crippen LogP contribution in [0.4, 0.5) is 15.6 Å². The predicted octanol–water partition coefficient (Wildman–Crippen LogP) is 2.94. The summed E-state index contributed by atoms with van der Waals surface area (Å²) in [6.07, 6.45) is 3.67. The number of piperidine rings is 1. The summed E-state index contributed by atoms with van der Waals surface area (Å²) in [5, 5.41) is 8.93. The van der Waals surface area contributed by atoms with Crippen LogP contribution in [-0.2, 0) is 0 Å². The highest BCUT2D eigenvalue weighted by Gasteiger charge is 2.21. The molecule has 2 heterocycles. The van der Waals surface area contributed by atoms with E-state index in [1.165, 1.54) is 0 Å². The Kier molecular flexibility index (Phi) is 4.97. The number of hydrogen-bond donors (Lipinski definition) is 2. The number of nitrogens with zero attached hydrogens (tertiary/aromatic N) is 2. The highest BCUT2D eigenvalue weighted by Crippen LogP contribution is 2.22. The van der Waals surface area contributed by atoms with Gasteiger partial charge in [-0.1, -0.05) is 6.07 Å². The van der Waals surface area contributed by atoms with Gasteiger partial charge < -0.3 is 20.3 Å². The standard InChI is InChI=1S/C16H20N4O2S/c1-22-14-4-2-3-13(11-14)19-15(21)18-12-5-8-20(9-6-12)16-17-7-10-23-16/h2-4,7,10-12H,5-6,8-9H2,1H3,(H2,18,19,21). The average Bonchev–Trinajstić information content (AvgIpc) is 3.10. The molecule has 0 saturated carbocycles. The summed E-state index contributed by atoms with van der Waals surface area (Å²) in [5.41, 5.74) is 0.724. The molecule has 122 valence electrons. The van der Waals surface area contributed by atoms with Crippen LogP contribution >= 0.6 is 11.3 Å². The first kappa shape index (κ1) is 15.6. The van der Waals surface area contributed by atoms with Crippen LogP contribution in [0.3, 0.4) is 0 Å². The maximum absolute atomic E-state index is 12.1. The number of carbonyl (C=O) groups is 1. The molecule has 1 aliphatic rings. The molecule has 0 bridgehead atoms. The zero-order valence-electron chi connectivity index (χ0n) is 13.0. The number of anilines is 2. The van der Waals surface area contributed by atoms with E-state index in [1.54, 1.807) is 24.5 Å². The van der Waals surface area contributed by atoms with Crippen LogP contribution in [-0.4, -0.2) is 37.3 Å². The molecule has 2 amide bonds. The predicted molar refractivity (Wildman–Crippen MR) is 92.5 cm³/mol. The van der Waals surface area contributed by atoms with Crippen LogP contribution < -0.4 is 20.3 Å². The first-order chi connectivity index (χ1) is 11.2. The number of ether oxygens (including phenoxy) is 1. The molecular weight excluding hydrogens is 312 g/mol. The molecule has 23 heavy (non-hydrogen) atoms. The minimum absolute atomic E-state index is 0.175. The molecule has 3 rings (SSSR count). The number of amides is 2. The van der Waals surface area contributed by atoms with Crippen molar-refractivity contribution in [2.24, 2.45) is 0 Å². The maximum Gasteiger partial charge on any atom is 0.319 e. The zero-order valence-corrected chi connectivity index (χ0v) is 13.8. The quantitative estimate of drug-likeness (QED) is 0.903. The summed E-state index contributed by atoms with van der Waals surface area (Å²) in [4.78, 5) is 18.7. The van der Waals surface area contributed by atoms with Crippen molar-refractivity contribution < 1.29 is 9.53 Å². The number of rotatable bonds is 4. The Balaban J connectivity index is 1.47. The van der Waals surface area contributed by atoms with Crippen LogP contribution in [0.15, 0.2) is 35.8 Å². The third kappa shape index (κ3) is 4.13. The Morgan fingerprint density at radius 1 is 1.39 bits per heavy atom. The monoisotopic (exact) mass is 332 g/mol. The molecule has 2 N–H and O–H groups in total. The Bertz CT molecular complexity index is 639. The normalized spacial score (nSPS) is 15.3. The fourth-order valence-corrected chi connectivity index (χ4v) is 3.34. The van der Waals surface area contributed by atoms with Crippen LogP contribution in [0.1, 0.15) is 12.8 Å². The molecule has 1 aromatic heterocycles. The fourth-order valence-electron chi connectivity index (χ4n) is 2.64. The van der Waals surface area contributed by atoms with E-state index in [0.717, 1.165) is 42.5 Å². The first-order valence-corrected chi connectivity index (χ1v) is 8.48. The van der Waals surface area contributed by atoms with Crippen LogP contribution in [0.5, 0.6) is 5.75 Å². The molecule has 0 aliphatic carbocycles. The molecule has 0 radical (unpaired) electrons. The number of carbonyl (C=O) groups excluding carboxylic acids is 1. The van der Waals surface area contributed by atoms with Crippen molar-refractivity contribution in [1.29, 1.82) is 0 Å². The zero-order chi connectivity index (χ0) is 16.1. The van der Waals surface area contributed by atoms with Crippen molar-refractivity contribution in [3.63, 3.8) is 0 Å². The summed E-state index contributed by atoms with van der Waals surface area (Å²) >= 11 is 1.65. The molecular formula is C16H20N4O2S. The van der Waals surface area contributed by atoms with Gasteiger partial charge in [0, 0.05) is 42.5 Å². The maximum atomic E-state index is 12.1. The van der Waals surface area contributed by atoms with Crippen molar-refractivity contribution in [2.45, 2.75) is 18.9 Å². The number of hydrogen-bond acceptors (Lipinski definition) is 5. The van der Waals surface area contributed by atoms with Gasteiger partial charge in [0.2, 0.25) is 0 Å². The summed E-state index contributed by atoms with van der Waals surface area (Å²) in [6.45, 7) is 1.83. The van der Waals surface area contributed by atoms with E-state index in [1.807, 2.05) is 29.8 Å². The highest BCUT2D eigenvalue weighted by atomic mass is 32.1. The van der Waals surface area contributed by atoms with Crippen molar-refractivity contribution in [1.82, 2.24) is 10.3 Å². The molecule has 7 heteroatoms. The molecule has 1 aliphatic heterocycles. The lowest BCUT2D eigenvalue weighted by Crippen LogP contribution is -2.46. The Morgan fingerprint density at radius 3 is 2.91 bits per heavy atom. The number of benzene rings is 1. The van der Waals surface area contributed by atoms with E-state index in [0.29, 0.717) is 0 Å². The van der Waals surface area contributed by atoms with Crippen LogP contribution in [0, 0.1) is 0 Å². The fraction of sp³-hybridized carbons (Fsp3) is 0.375. The van der Waals surface area contributed by atoms with E-state index >= 15 is 0 Å². The van der Waals surface area contributed by atoms with Gasteiger partial charge >= 0.3 is 6.03 Å². The molecule has 0 spiro atoms. The van der Waals surface area contributed by atoms with Gasteiger partial charge in [-0.25, -0.2) is 9.78 Å². The number of urea groups is 1. The average molecular weight is 332 g/mol. The summed E-state index contributed by atoms with van der Waals surface area (Å²) in [7, 11) is 1.61. The van der Waals surface area contributed by atoms with E-state index < -0.39 is 0 Å². The van der Waals surface area contributed by atoms with Gasteiger partial charge in [0.25, 0.3) is 0 Å². The SMILES string of the molecule is COc1cccc(NC(=O)NC2CCN(c3nccs3)CC2)c1. The van der Waals surface area contributed by atoms with Gasteiger partial charge in [0.05, 0.1) is 7.11 Å². The second-order valence-corrected chi connectivity index (χ2v) is 6.28. The van der Waals surface area contributed by atoms with E-state index in [2.05, 4.69) is 20.5 Å². The molecule has 1 fully saturated rings. The molecule has 0 unspecified atom stereocenters. The largest absolute Gasteiger partial charge is 0.497 e. The Hall–Kier alpha value is -2.28. The topological polar surface area (TPSA) is 66.5 Å². The number of methoxy groups -OCH3 is 1. The van der Waals surface area contributed by atoms with Crippen molar-refractivity contribution >= 4 is 28.2 Å². The van der Waals surface area contributed by atoms with Crippen molar-refractivity contribution in [3.05, 3.63) is 35.8 Å². The second-order valence-electron chi connectivity index (χ2n) is 5.41. The van der Waals surface area contributed by atoms with Crippen molar-refractivity contribution in [2.75, 3.05) is 30.4 Å². The number of aromatic nitrogens is 1. The van der Waals surface area contributed by atoms with Gasteiger partial charge in [0.15, 0.2) is 5.13 Å². The lowest BCUT2D eigenvalue weighted by molar-refractivity contribution is 0.246. The van der Waals surface area contributed by atoms with E-state index in [9.17, 15) is 4.79 Å². The number of thiazole rings is 1. The third-order valence-electron chi connectivity index (χ3n) is 3.85. The van der Waals surface area contributed by atoms with Gasteiger partial charge in [0.1, 0.15) is 5.75 Å². The summed E-state index contributed by atoms with van der Waals surface area (Å²) < 4.78 is 5.15. The van der Waals surface area contributed by atoms with Crippen LogP contribution in [0.2, 0.25) is 0 Å². The molecule has 1 aromatic carbocycles. The minimum atomic E-state index is -0.175. The van der Waals surface area contributed by atoms with Gasteiger partial charge in [-0.05, 0) is 25.0 Å². The lowest BCUT2D eigenvalue weighted by atomic mass is 10.1. The van der Waals surface area contributed by atoms with Gasteiger partial charge in [-0.2, -0.15) is 0 Å². The molecule has 0 atom stereocenters. The van der Waals surface area contributed by atoms with Gasteiger partial charge in [-0.3, -0.25) is 0 Å². The number of nitrogens with one attached hydrogen (secondary N) is 2. The lowest BCUT2D eigenvalue weighted by Gasteiger charge is -2.32. The van der Waals surface area contributed by atoms with E-state index in [4.69, 9.17) is 4.74 Å². The molecule has 1 saturated heterocycles. The van der Waals surface area contributed by atoms with Crippen LogP contribution in [0.25, 0.3) is 0 Å². The molecule has 6 nitrogen and oxygen atoms in total. The van der Waals surface area contributed by atoms with E-state index in [-0.39, 0.29) is 12.1 Å². The summed E-state index contributed by atoms with van der Waals surface area (Å²) in [6, 6.07) is 7.35. The van der Waals surface area contributed by atoms with Gasteiger partial charge in [-0.15, -0.1) is 11.3 Å². The van der Waals surface area contributed by atoms with Crippen molar-refractivity contribution in [3.8, 4) is 5.75 Å². The minimum Gasteiger partial charge on any atom is -0.497 e. The second kappa shape index (κ2) is 7.32. The first-order valence-electron chi connectivity index (χ1n) is 7.60. The highest BCUT2D eigenvalue weighted by molar-refractivity contribution is 7.13. The Morgan fingerprint density at radius 2 is 2.22 bits per heavy atom. The smallest absolute Gasteiger partial charge is 0.319 e. The molecule has 2 aromatic rings. The Labute approximate surface area is 139 Å². The summed E-state index contributed by atoms with van der Waals surface area (Å²) in [5.74, 6) is 0.722. The third-order valence-corrected chi connectivity index (χ3v) is 4.68.